The van der Waals surface area contributed by atoms with Crippen molar-refractivity contribution in [3.05, 3.63) is 34.9 Å². The summed E-state index contributed by atoms with van der Waals surface area (Å²) in [6.45, 7) is 3.11. The molecule has 0 radical (unpaired) electrons. The molecule has 0 spiro atoms. The first-order chi connectivity index (χ1) is 9.81. The Morgan fingerprint density at radius 3 is 1.62 bits per heavy atom. The minimum atomic E-state index is -1.12. The maximum Gasteiger partial charge on any atom is 0.407 e. The van der Waals surface area contributed by atoms with E-state index in [1.807, 2.05) is 0 Å². The summed E-state index contributed by atoms with van der Waals surface area (Å²) in [4.78, 5) is 32.6. The number of hydrogen-bond acceptors (Lipinski definition) is 3. The summed E-state index contributed by atoms with van der Waals surface area (Å²) in [6.07, 6.45) is 1.29. The number of carbonyl (C=O) groups is 3. The lowest BCUT2D eigenvalue weighted by Gasteiger charge is -2.07. The van der Waals surface area contributed by atoms with E-state index in [0.29, 0.717) is 5.56 Å². The Kier molecular flexibility index (Phi) is 5.71. The zero-order chi connectivity index (χ0) is 16.0. The number of carboxylic acid groups (broad SMARTS) is 3. The number of aryl methyl sites for hydroxylation is 1. The van der Waals surface area contributed by atoms with Crippen molar-refractivity contribution in [3.8, 4) is 0 Å². The summed E-state index contributed by atoms with van der Waals surface area (Å²) in [6, 6.07) is 3.99. The molecule has 2 rings (SSSR count). The molecule has 0 saturated carbocycles. The van der Waals surface area contributed by atoms with Crippen LogP contribution in [-0.4, -0.2) is 51.3 Å². The molecule has 0 bridgehead atoms. The molecule has 1 aromatic rings. The zero-order valence-corrected chi connectivity index (χ0v) is 11.6. The highest BCUT2D eigenvalue weighted by Crippen LogP contribution is 2.09. The highest BCUT2D eigenvalue weighted by atomic mass is 16.4. The van der Waals surface area contributed by atoms with Crippen molar-refractivity contribution in [2.75, 3.05) is 13.1 Å². The summed E-state index contributed by atoms with van der Waals surface area (Å²) in [5.74, 6) is -2.24. The smallest absolute Gasteiger partial charge is 0.407 e. The summed E-state index contributed by atoms with van der Waals surface area (Å²) < 4.78 is 0. The molecule has 0 atom stereocenters. The molecule has 1 aliphatic heterocycles. The van der Waals surface area contributed by atoms with Gasteiger partial charge >= 0.3 is 18.0 Å². The van der Waals surface area contributed by atoms with Crippen LogP contribution in [-0.2, 0) is 0 Å². The second kappa shape index (κ2) is 7.28. The molecule has 1 saturated heterocycles. The van der Waals surface area contributed by atoms with Gasteiger partial charge in [-0.25, -0.2) is 14.4 Å². The van der Waals surface area contributed by atoms with Crippen LogP contribution < -0.4 is 0 Å². The van der Waals surface area contributed by atoms with Gasteiger partial charge in [0.2, 0.25) is 0 Å². The van der Waals surface area contributed by atoms with Crippen molar-refractivity contribution in [1.82, 2.24) is 4.90 Å². The van der Waals surface area contributed by atoms with Crippen LogP contribution >= 0.6 is 0 Å². The van der Waals surface area contributed by atoms with Crippen molar-refractivity contribution in [2.45, 2.75) is 19.8 Å². The van der Waals surface area contributed by atoms with Crippen LogP contribution in [0.4, 0.5) is 4.79 Å². The number of nitrogens with zero attached hydrogens (tertiary/aromatic N) is 1. The van der Waals surface area contributed by atoms with Gasteiger partial charge in [-0.3, -0.25) is 0 Å². The molecule has 1 heterocycles. The second-order valence-electron chi connectivity index (χ2n) is 4.67. The predicted molar refractivity (Wildman–Crippen MR) is 73.9 cm³/mol. The SMILES string of the molecule is Cc1cc(C(=O)O)cc(C(=O)O)c1.O=C(O)N1CCCC1. The number of hydrogen-bond donors (Lipinski definition) is 3. The largest absolute Gasteiger partial charge is 0.478 e. The van der Waals surface area contributed by atoms with Crippen LogP contribution in [0, 0.1) is 6.92 Å². The van der Waals surface area contributed by atoms with E-state index in [2.05, 4.69) is 0 Å². The molecule has 1 aromatic carbocycles. The Hall–Kier alpha value is -2.57. The van der Waals surface area contributed by atoms with Gasteiger partial charge in [0.1, 0.15) is 0 Å². The fourth-order valence-corrected chi connectivity index (χ4v) is 1.94. The first kappa shape index (κ1) is 16.5. The topological polar surface area (TPSA) is 115 Å². The summed E-state index contributed by atoms with van der Waals surface area (Å²) in [5.41, 5.74) is 0.618. The normalized spacial score (nSPS) is 13.3. The number of rotatable bonds is 2. The van der Waals surface area contributed by atoms with E-state index in [9.17, 15) is 14.4 Å². The van der Waals surface area contributed by atoms with Crippen molar-refractivity contribution in [2.24, 2.45) is 0 Å². The number of carboxylic acids is 2. The Bertz CT molecular complexity index is 516. The lowest BCUT2D eigenvalue weighted by Crippen LogP contribution is -2.25. The van der Waals surface area contributed by atoms with Crippen LogP contribution in [0.15, 0.2) is 18.2 Å². The third-order valence-corrected chi connectivity index (χ3v) is 2.95. The summed E-state index contributed by atoms with van der Waals surface area (Å²) in [5, 5.41) is 25.6. The maximum atomic E-state index is 10.5. The van der Waals surface area contributed by atoms with E-state index in [-0.39, 0.29) is 11.1 Å². The quantitative estimate of drug-likeness (QED) is 0.770. The molecule has 1 fully saturated rings. The third-order valence-electron chi connectivity index (χ3n) is 2.95. The van der Waals surface area contributed by atoms with Crippen molar-refractivity contribution >= 4 is 18.0 Å². The molecule has 114 valence electrons. The molecule has 1 amide bonds. The molecule has 0 aromatic heterocycles. The Balaban J connectivity index is 0.000000235. The first-order valence-electron chi connectivity index (χ1n) is 6.37. The molecule has 7 heteroatoms. The molecule has 21 heavy (non-hydrogen) atoms. The minimum absolute atomic E-state index is 0.00241. The van der Waals surface area contributed by atoms with Crippen molar-refractivity contribution in [3.63, 3.8) is 0 Å². The van der Waals surface area contributed by atoms with Crippen LogP contribution in [0.5, 0.6) is 0 Å². The monoisotopic (exact) mass is 295 g/mol. The van der Waals surface area contributed by atoms with Crippen molar-refractivity contribution in [1.29, 1.82) is 0 Å². The zero-order valence-electron chi connectivity index (χ0n) is 11.6. The van der Waals surface area contributed by atoms with Gasteiger partial charge in [-0.1, -0.05) is 0 Å². The van der Waals surface area contributed by atoms with Gasteiger partial charge in [-0.2, -0.15) is 0 Å². The number of likely N-dealkylation sites (tertiary alicyclic amines) is 1. The summed E-state index contributed by atoms with van der Waals surface area (Å²) >= 11 is 0. The van der Waals surface area contributed by atoms with Crippen molar-refractivity contribution < 1.29 is 29.7 Å². The van der Waals surface area contributed by atoms with Crippen LogP contribution in [0.2, 0.25) is 0 Å². The lowest BCUT2D eigenvalue weighted by molar-refractivity contribution is 0.0696. The van der Waals surface area contributed by atoms with Gasteiger partial charge in [0.15, 0.2) is 0 Å². The highest BCUT2D eigenvalue weighted by molar-refractivity contribution is 5.94. The Morgan fingerprint density at radius 2 is 1.33 bits per heavy atom. The van der Waals surface area contributed by atoms with Crippen LogP contribution in [0.25, 0.3) is 0 Å². The molecule has 3 N–H and O–H groups in total. The fourth-order valence-electron chi connectivity index (χ4n) is 1.94. The van der Waals surface area contributed by atoms with Crippen LogP contribution in [0.3, 0.4) is 0 Å². The number of amides is 1. The van der Waals surface area contributed by atoms with E-state index < -0.39 is 18.0 Å². The predicted octanol–water partition coefficient (Wildman–Crippen LogP) is 2.15. The highest BCUT2D eigenvalue weighted by Gasteiger charge is 2.15. The first-order valence-corrected chi connectivity index (χ1v) is 6.37. The average Bonchev–Trinajstić information content (AvgIpc) is 2.92. The van der Waals surface area contributed by atoms with E-state index in [0.717, 1.165) is 32.0 Å². The molecular formula is C14H17NO6. The second-order valence-corrected chi connectivity index (χ2v) is 4.67. The number of benzene rings is 1. The maximum absolute atomic E-state index is 10.5. The average molecular weight is 295 g/mol. The lowest BCUT2D eigenvalue weighted by atomic mass is 10.1. The fraction of sp³-hybridized carbons (Fsp3) is 0.357. The minimum Gasteiger partial charge on any atom is -0.478 e. The van der Waals surface area contributed by atoms with Gasteiger partial charge in [-0.05, 0) is 43.5 Å². The Labute approximate surface area is 121 Å². The molecular weight excluding hydrogens is 278 g/mol. The van der Waals surface area contributed by atoms with E-state index in [4.69, 9.17) is 15.3 Å². The van der Waals surface area contributed by atoms with E-state index >= 15 is 0 Å². The van der Waals surface area contributed by atoms with Gasteiger partial charge < -0.3 is 20.2 Å². The van der Waals surface area contributed by atoms with E-state index in [1.165, 1.54) is 17.0 Å². The van der Waals surface area contributed by atoms with Gasteiger partial charge in [0.25, 0.3) is 0 Å². The molecule has 1 aliphatic rings. The van der Waals surface area contributed by atoms with Gasteiger partial charge in [-0.15, -0.1) is 0 Å². The third kappa shape index (κ3) is 5.13. The molecule has 0 unspecified atom stereocenters. The Morgan fingerprint density at radius 1 is 0.905 bits per heavy atom. The van der Waals surface area contributed by atoms with Gasteiger partial charge in [0, 0.05) is 13.1 Å². The number of aromatic carboxylic acids is 2. The van der Waals surface area contributed by atoms with Crippen LogP contribution in [0.1, 0.15) is 39.1 Å². The summed E-state index contributed by atoms with van der Waals surface area (Å²) in [7, 11) is 0. The van der Waals surface area contributed by atoms with Gasteiger partial charge in [0.05, 0.1) is 11.1 Å². The molecule has 0 aliphatic carbocycles. The van der Waals surface area contributed by atoms with E-state index in [1.54, 1.807) is 6.92 Å². The molecule has 7 nitrogen and oxygen atoms in total. The standard InChI is InChI=1S/C9H8O4.C5H9NO2/c1-5-2-6(8(10)11)4-7(3-5)9(12)13;7-5(8)6-3-1-2-4-6/h2-4H,1H3,(H,10,11)(H,12,13);1-4H2,(H,7,8).